The number of hydrazone groups is 1. The van der Waals surface area contributed by atoms with Crippen molar-refractivity contribution < 1.29 is 14.3 Å². The summed E-state index contributed by atoms with van der Waals surface area (Å²) in [5.41, 5.74) is 4.87. The Bertz CT molecular complexity index is 1260. The predicted molar refractivity (Wildman–Crippen MR) is 139 cm³/mol. The molecule has 0 saturated heterocycles. The van der Waals surface area contributed by atoms with Crippen LogP contribution in [0.3, 0.4) is 0 Å². The summed E-state index contributed by atoms with van der Waals surface area (Å²) in [6.45, 7) is 0. The van der Waals surface area contributed by atoms with E-state index in [9.17, 15) is 4.79 Å². The number of carbonyl (C=O) groups is 1. The van der Waals surface area contributed by atoms with Gasteiger partial charge in [0.05, 0.1) is 26.0 Å². The second kappa shape index (κ2) is 9.96. The van der Waals surface area contributed by atoms with E-state index in [1.807, 2.05) is 48.5 Å². The van der Waals surface area contributed by atoms with Crippen molar-refractivity contribution in [2.24, 2.45) is 11.0 Å². The summed E-state index contributed by atoms with van der Waals surface area (Å²) < 4.78 is 10.6. The second-order valence-corrected chi connectivity index (χ2v) is 9.24. The molecule has 178 valence electrons. The van der Waals surface area contributed by atoms with Crippen molar-refractivity contribution in [1.29, 1.82) is 0 Å². The Labute approximate surface area is 210 Å². The maximum absolute atomic E-state index is 13.7. The summed E-state index contributed by atoms with van der Waals surface area (Å²) in [4.78, 5) is 13.7. The number of hydrogen-bond acceptors (Lipinski definition) is 4. The predicted octanol–water partition coefficient (Wildman–Crippen LogP) is 6.79. The van der Waals surface area contributed by atoms with Crippen LogP contribution < -0.4 is 9.47 Å². The van der Waals surface area contributed by atoms with Gasteiger partial charge < -0.3 is 9.47 Å². The smallest absolute Gasteiger partial charge is 0.274 e. The van der Waals surface area contributed by atoms with E-state index < -0.39 is 0 Å². The van der Waals surface area contributed by atoms with E-state index in [0.29, 0.717) is 10.6 Å². The van der Waals surface area contributed by atoms with Crippen LogP contribution >= 0.6 is 11.6 Å². The highest BCUT2D eigenvalue weighted by Crippen LogP contribution is 2.45. The average molecular weight is 487 g/mol. The highest BCUT2D eigenvalue weighted by molar-refractivity contribution is 6.30. The Morgan fingerprint density at radius 2 is 1.57 bits per heavy atom. The number of nitrogens with zero attached hydrogens (tertiary/aromatic N) is 2. The van der Waals surface area contributed by atoms with E-state index in [-0.39, 0.29) is 17.9 Å². The summed E-state index contributed by atoms with van der Waals surface area (Å²) in [5.74, 6) is 1.60. The zero-order chi connectivity index (χ0) is 24.4. The molecule has 1 amide bonds. The van der Waals surface area contributed by atoms with Crippen LogP contribution in [-0.4, -0.2) is 30.8 Å². The minimum atomic E-state index is -0.182. The lowest BCUT2D eigenvalue weighted by Gasteiger charge is -2.29. The minimum Gasteiger partial charge on any atom is -0.497 e. The van der Waals surface area contributed by atoms with Crippen LogP contribution in [0.4, 0.5) is 0 Å². The lowest BCUT2D eigenvalue weighted by molar-refractivity contribution is 0.0681. The number of methoxy groups -OCH3 is 2. The monoisotopic (exact) mass is 486 g/mol. The number of halogens is 1. The molecule has 6 heteroatoms. The van der Waals surface area contributed by atoms with Crippen LogP contribution in [0, 0.1) is 5.92 Å². The highest BCUT2D eigenvalue weighted by Gasteiger charge is 2.43. The van der Waals surface area contributed by atoms with Crippen LogP contribution in [0.15, 0.2) is 83.5 Å². The molecule has 1 fully saturated rings. The SMILES string of the molecule is COc1ccc(/C=C2\CCC[C@H]3C2=NN(C(=O)c2ccc(Cl)cc2)[C@H]3c2ccc(OC)cc2)cc1. The van der Waals surface area contributed by atoms with Gasteiger partial charge in [0.1, 0.15) is 11.5 Å². The zero-order valence-corrected chi connectivity index (χ0v) is 20.5. The first-order chi connectivity index (χ1) is 17.1. The number of rotatable bonds is 5. The molecule has 35 heavy (non-hydrogen) atoms. The van der Waals surface area contributed by atoms with Crippen molar-refractivity contribution in [3.8, 4) is 11.5 Å². The molecule has 5 rings (SSSR count). The molecular weight excluding hydrogens is 460 g/mol. The molecule has 3 aromatic rings. The molecule has 0 aromatic heterocycles. The Morgan fingerprint density at radius 3 is 2.20 bits per heavy atom. The van der Waals surface area contributed by atoms with Gasteiger partial charge in [-0.2, -0.15) is 5.10 Å². The van der Waals surface area contributed by atoms with Gasteiger partial charge in [0.15, 0.2) is 0 Å². The highest BCUT2D eigenvalue weighted by atomic mass is 35.5. The first-order valence-electron chi connectivity index (χ1n) is 11.7. The van der Waals surface area contributed by atoms with Gasteiger partial charge in [-0.15, -0.1) is 0 Å². The van der Waals surface area contributed by atoms with Crippen molar-refractivity contribution in [2.45, 2.75) is 25.3 Å². The summed E-state index contributed by atoms with van der Waals surface area (Å²) in [5, 5.41) is 7.23. The number of benzene rings is 3. The van der Waals surface area contributed by atoms with Gasteiger partial charge in [0, 0.05) is 16.5 Å². The second-order valence-electron chi connectivity index (χ2n) is 8.80. The first-order valence-corrected chi connectivity index (χ1v) is 12.1. The average Bonchev–Trinajstić information content (AvgIpc) is 3.30. The van der Waals surface area contributed by atoms with E-state index >= 15 is 0 Å². The number of carbonyl (C=O) groups excluding carboxylic acids is 1. The number of hydrogen-bond donors (Lipinski definition) is 0. The van der Waals surface area contributed by atoms with E-state index in [0.717, 1.165) is 47.6 Å². The van der Waals surface area contributed by atoms with Crippen LogP contribution in [0.2, 0.25) is 5.02 Å². The molecule has 0 N–H and O–H groups in total. The molecule has 2 atom stereocenters. The van der Waals surface area contributed by atoms with Gasteiger partial charge >= 0.3 is 0 Å². The molecule has 0 radical (unpaired) electrons. The Hall–Kier alpha value is -3.57. The summed E-state index contributed by atoms with van der Waals surface area (Å²) in [7, 11) is 3.32. The number of fused-ring (bicyclic) bond motifs is 1. The van der Waals surface area contributed by atoms with Gasteiger partial charge in [-0.05, 0) is 90.6 Å². The standard InChI is InChI=1S/C29H27ClN2O3/c1-34-24-14-6-19(7-15-24)18-22-4-3-5-26-27(22)31-32(29(33)21-8-12-23(30)13-9-21)28(26)20-10-16-25(35-2)17-11-20/h6-18,26,28H,3-5H2,1-2H3/b22-18+/t26-,28-/m0/s1. The number of ether oxygens (including phenoxy) is 2. The first kappa shape index (κ1) is 23.2. The summed E-state index contributed by atoms with van der Waals surface area (Å²) in [6.07, 6.45) is 5.13. The van der Waals surface area contributed by atoms with Crippen LogP contribution in [0.25, 0.3) is 6.08 Å². The molecule has 1 aliphatic heterocycles. The van der Waals surface area contributed by atoms with Crippen LogP contribution in [-0.2, 0) is 0 Å². The number of allylic oxidation sites excluding steroid dienone is 1. The van der Waals surface area contributed by atoms with Crippen molar-refractivity contribution in [3.63, 3.8) is 0 Å². The molecule has 3 aromatic carbocycles. The normalized spacial score (nSPS) is 20.4. The van der Waals surface area contributed by atoms with Gasteiger partial charge in [-0.25, -0.2) is 5.01 Å². The van der Waals surface area contributed by atoms with E-state index in [1.165, 1.54) is 5.57 Å². The lowest BCUT2D eigenvalue weighted by atomic mass is 9.77. The summed E-state index contributed by atoms with van der Waals surface area (Å²) in [6, 6.07) is 22.8. The van der Waals surface area contributed by atoms with Crippen molar-refractivity contribution in [3.05, 3.63) is 100 Å². The molecule has 0 bridgehead atoms. The summed E-state index contributed by atoms with van der Waals surface area (Å²) >= 11 is 6.06. The third-order valence-electron chi connectivity index (χ3n) is 6.71. The molecule has 5 nitrogen and oxygen atoms in total. The van der Waals surface area contributed by atoms with Crippen LogP contribution in [0.5, 0.6) is 11.5 Å². The topological polar surface area (TPSA) is 51.1 Å². The van der Waals surface area contributed by atoms with E-state index in [4.69, 9.17) is 26.2 Å². The van der Waals surface area contributed by atoms with Gasteiger partial charge in [-0.3, -0.25) is 4.79 Å². The third-order valence-corrected chi connectivity index (χ3v) is 6.97. The molecule has 1 saturated carbocycles. The lowest BCUT2D eigenvalue weighted by Crippen LogP contribution is -2.31. The Morgan fingerprint density at radius 1 is 0.943 bits per heavy atom. The van der Waals surface area contributed by atoms with Crippen molar-refractivity contribution in [2.75, 3.05) is 14.2 Å². The fourth-order valence-electron chi connectivity index (χ4n) is 4.93. The molecule has 1 aliphatic carbocycles. The van der Waals surface area contributed by atoms with Gasteiger partial charge in [0.2, 0.25) is 0 Å². The maximum Gasteiger partial charge on any atom is 0.274 e. The van der Waals surface area contributed by atoms with Crippen molar-refractivity contribution >= 4 is 29.3 Å². The van der Waals surface area contributed by atoms with Crippen LogP contribution in [0.1, 0.15) is 46.8 Å². The van der Waals surface area contributed by atoms with E-state index in [2.05, 4.69) is 6.08 Å². The molecule has 0 unspecified atom stereocenters. The van der Waals surface area contributed by atoms with Gasteiger partial charge in [-0.1, -0.05) is 35.9 Å². The Balaban J connectivity index is 1.55. The fourth-order valence-corrected chi connectivity index (χ4v) is 5.05. The van der Waals surface area contributed by atoms with Gasteiger partial charge in [0.25, 0.3) is 5.91 Å². The molecule has 2 aliphatic rings. The minimum absolute atomic E-state index is 0.123. The molecule has 0 spiro atoms. The zero-order valence-electron chi connectivity index (χ0n) is 19.8. The third kappa shape index (κ3) is 4.69. The molecular formula is C29H27ClN2O3. The quantitative estimate of drug-likeness (QED) is 0.398. The van der Waals surface area contributed by atoms with E-state index in [1.54, 1.807) is 43.5 Å². The fraction of sp³-hybridized carbons (Fsp3) is 0.241. The largest absolute Gasteiger partial charge is 0.497 e. The van der Waals surface area contributed by atoms with Crippen molar-refractivity contribution in [1.82, 2.24) is 5.01 Å². The maximum atomic E-state index is 13.7. The Kier molecular flexibility index (Phi) is 6.60. The molecule has 1 heterocycles. The number of amides is 1.